The van der Waals surface area contributed by atoms with Crippen molar-refractivity contribution in [2.45, 2.75) is 61.9 Å². The van der Waals surface area contributed by atoms with E-state index < -0.39 is 52.3 Å². The summed E-state index contributed by atoms with van der Waals surface area (Å²) in [6.07, 6.45) is -1.70. The van der Waals surface area contributed by atoms with Crippen LogP contribution in [0.3, 0.4) is 0 Å². The maximum absolute atomic E-state index is 13.3. The topological polar surface area (TPSA) is 116 Å². The van der Waals surface area contributed by atoms with E-state index in [0.717, 1.165) is 0 Å². The first-order valence-electron chi connectivity index (χ1n) is 9.16. The molecule has 30 heavy (non-hydrogen) atoms. The van der Waals surface area contributed by atoms with Crippen molar-refractivity contribution in [1.29, 1.82) is 0 Å². The molecule has 2 aliphatic rings. The molecule has 0 aromatic heterocycles. The van der Waals surface area contributed by atoms with E-state index in [2.05, 4.69) is 6.58 Å². The van der Waals surface area contributed by atoms with Crippen LogP contribution in [0.25, 0.3) is 0 Å². The normalized spacial score (nSPS) is 24.4. The number of carbonyl (C=O) groups excluding carboxylic acids is 2. The summed E-state index contributed by atoms with van der Waals surface area (Å²) < 4.78 is 97.2. The molecule has 8 nitrogen and oxygen atoms in total. The Labute approximate surface area is 170 Å². The van der Waals surface area contributed by atoms with Crippen LogP contribution >= 0.6 is 0 Å². The van der Waals surface area contributed by atoms with Gasteiger partial charge < -0.3 is 14.2 Å². The minimum Gasteiger partial charge on any atom is -0.458 e. The van der Waals surface area contributed by atoms with Crippen LogP contribution in [0.1, 0.15) is 38.5 Å². The van der Waals surface area contributed by atoms with Crippen LogP contribution in [0.4, 0.5) is 17.6 Å². The first kappa shape index (κ1) is 24.5. The number of hydrogen-bond donors (Lipinski definition) is 1. The fourth-order valence-electron chi connectivity index (χ4n) is 3.18. The van der Waals surface area contributed by atoms with Gasteiger partial charge in [0, 0.05) is 19.4 Å². The van der Waals surface area contributed by atoms with Crippen LogP contribution < -0.4 is 0 Å². The number of rotatable bonds is 11. The van der Waals surface area contributed by atoms with Gasteiger partial charge in [0.2, 0.25) is 0 Å². The molecule has 0 amide bonds. The van der Waals surface area contributed by atoms with Gasteiger partial charge >= 0.3 is 33.2 Å². The first-order valence-corrected chi connectivity index (χ1v) is 10.6. The molecule has 0 aromatic rings. The second-order valence-electron chi connectivity index (χ2n) is 7.24. The molecule has 13 heteroatoms. The molecule has 1 heterocycles. The predicted molar refractivity (Wildman–Crippen MR) is 92.4 cm³/mol. The molecule has 1 aliphatic heterocycles. The molecule has 1 aliphatic carbocycles. The zero-order chi connectivity index (χ0) is 22.7. The lowest BCUT2D eigenvalue weighted by Crippen LogP contribution is -2.46. The van der Waals surface area contributed by atoms with E-state index in [1.54, 1.807) is 0 Å². The molecule has 2 bridgehead atoms. The van der Waals surface area contributed by atoms with Crippen LogP contribution in [0.2, 0.25) is 0 Å². The van der Waals surface area contributed by atoms with Gasteiger partial charge in [-0.15, -0.1) is 0 Å². The predicted octanol–water partition coefficient (Wildman–Crippen LogP) is 2.48. The molecule has 1 N–H and O–H groups in total. The molecule has 0 radical (unpaired) electrons. The highest BCUT2D eigenvalue weighted by atomic mass is 32.2. The second-order valence-corrected chi connectivity index (χ2v) is 8.70. The molecule has 1 saturated heterocycles. The lowest BCUT2D eigenvalue weighted by Gasteiger charge is -2.25. The third-order valence-corrected chi connectivity index (χ3v) is 5.88. The van der Waals surface area contributed by atoms with Crippen molar-refractivity contribution in [2.75, 3.05) is 13.2 Å². The average molecular weight is 462 g/mol. The summed E-state index contributed by atoms with van der Waals surface area (Å²) in [4.78, 5) is 23.5. The van der Waals surface area contributed by atoms with E-state index in [9.17, 15) is 35.6 Å². The van der Waals surface area contributed by atoms with Crippen LogP contribution in [-0.4, -0.2) is 61.5 Å². The van der Waals surface area contributed by atoms with Gasteiger partial charge in [0.15, 0.2) is 0 Å². The number of esters is 2. The van der Waals surface area contributed by atoms with Crippen LogP contribution in [0.5, 0.6) is 0 Å². The second kappa shape index (κ2) is 9.18. The maximum atomic E-state index is 13.3. The Hall–Kier alpha value is -1.73. The van der Waals surface area contributed by atoms with Crippen LogP contribution in [0, 0.1) is 5.92 Å². The van der Waals surface area contributed by atoms with Crippen molar-refractivity contribution in [3.63, 3.8) is 0 Å². The monoisotopic (exact) mass is 462 g/mol. The number of fused-ring (bicyclic) bond motifs is 2. The molecule has 172 valence electrons. The standard InChI is InChI=1S/C17H22F4O8S/c1-10(14(22)28-12-5-4-11-8-13(12)29-15(11)23)9-27-7-3-2-6-16(18,19)17(20,21)30(24,25)26/h11-13H,1-9H2,(H,24,25,26). The highest BCUT2D eigenvalue weighted by Gasteiger charge is 2.64. The van der Waals surface area contributed by atoms with E-state index in [1.807, 2.05) is 0 Å². The van der Waals surface area contributed by atoms with Gasteiger partial charge in [0.05, 0.1) is 18.1 Å². The highest BCUT2D eigenvalue weighted by molar-refractivity contribution is 7.87. The maximum Gasteiger partial charge on any atom is 0.431 e. The molecule has 0 aromatic carbocycles. The van der Waals surface area contributed by atoms with Gasteiger partial charge in [0.25, 0.3) is 0 Å². The fraction of sp³-hybridized carbons (Fsp3) is 0.765. The highest BCUT2D eigenvalue weighted by Crippen LogP contribution is 2.41. The summed E-state index contributed by atoms with van der Waals surface area (Å²) in [6, 6.07) is 0. The Balaban J connectivity index is 1.65. The minimum atomic E-state index is -6.25. The quantitative estimate of drug-likeness (QED) is 0.164. The molecule has 1 saturated carbocycles. The molecule has 2 rings (SSSR count). The Bertz CT molecular complexity index is 783. The number of hydrogen-bond acceptors (Lipinski definition) is 7. The van der Waals surface area contributed by atoms with Crippen molar-refractivity contribution >= 4 is 22.1 Å². The van der Waals surface area contributed by atoms with E-state index in [4.69, 9.17) is 18.8 Å². The number of carbonyl (C=O) groups is 2. The molecular weight excluding hydrogens is 440 g/mol. The number of ether oxygens (including phenoxy) is 3. The SMILES string of the molecule is C=C(COCCCCC(F)(F)C(F)(F)S(=O)(=O)O)C(=O)OC1CCC2CC1OC2=O. The summed E-state index contributed by atoms with van der Waals surface area (Å²) in [7, 11) is -6.25. The largest absolute Gasteiger partial charge is 0.458 e. The summed E-state index contributed by atoms with van der Waals surface area (Å²) in [5.41, 5.74) is -0.0651. The van der Waals surface area contributed by atoms with Crippen molar-refractivity contribution in [2.24, 2.45) is 5.92 Å². The zero-order valence-corrected chi connectivity index (χ0v) is 16.6. The van der Waals surface area contributed by atoms with Gasteiger partial charge in [-0.2, -0.15) is 26.0 Å². The third kappa shape index (κ3) is 5.49. The van der Waals surface area contributed by atoms with Gasteiger partial charge in [-0.1, -0.05) is 6.58 Å². The minimum absolute atomic E-state index is 0.0651. The molecule has 3 unspecified atom stereocenters. The van der Waals surface area contributed by atoms with Gasteiger partial charge in [-0.3, -0.25) is 9.35 Å². The van der Waals surface area contributed by atoms with E-state index >= 15 is 0 Å². The van der Waals surface area contributed by atoms with Gasteiger partial charge in [-0.05, 0) is 25.7 Å². The lowest BCUT2D eigenvalue weighted by molar-refractivity contribution is -0.165. The summed E-state index contributed by atoms with van der Waals surface area (Å²) in [5.74, 6) is -6.18. The smallest absolute Gasteiger partial charge is 0.431 e. The third-order valence-electron chi connectivity index (χ3n) is 4.93. The molecule has 0 spiro atoms. The lowest BCUT2D eigenvalue weighted by atomic mass is 9.88. The molecular formula is C17H22F4O8S. The van der Waals surface area contributed by atoms with Crippen molar-refractivity contribution in [3.8, 4) is 0 Å². The van der Waals surface area contributed by atoms with E-state index in [-0.39, 0.29) is 37.1 Å². The van der Waals surface area contributed by atoms with Crippen LogP contribution in [-0.2, 0) is 33.9 Å². The van der Waals surface area contributed by atoms with Crippen molar-refractivity contribution < 1.29 is 54.3 Å². The molecule has 2 fully saturated rings. The van der Waals surface area contributed by atoms with Gasteiger partial charge in [-0.25, -0.2) is 4.79 Å². The summed E-state index contributed by atoms with van der Waals surface area (Å²) in [5, 5.41) is -5.59. The first-order chi connectivity index (χ1) is 13.8. The number of unbranched alkanes of at least 4 members (excludes halogenated alkanes) is 1. The fourth-order valence-corrected chi connectivity index (χ4v) is 3.66. The van der Waals surface area contributed by atoms with E-state index in [0.29, 0.717) is 19.3 Å². The van der Waals surface area contributed by atoms with Crippen molar-refractivity contribution in [1.82, 2.24) is 0 Å². The zero-order valence-electron chi connectivity index (χ0n) is 15.8. The van der Waals surface area contributed by atoms with E-state index in [1.165, 1.54) is 0 Å². The Morgan fingerprint density at radius 3 is 2.53 bits per heavy atom. The summed E-state index contributed by atoms with van der Waals surface area (Å²) >= 11 is 0. The number of alkyl halides is 4. The molecule has 3 atom stereocenters. The Morgan fingerprint density at radius 2 is 1.90 bits per heavy atom. The Morgan fingerprint density at radius 1 is 1.23 bits per heavy atom. The average Bonchev–Trinajstić information content (AvgIpc) is 2.93. The van der Waals surface area contributed by atoms with Crippen molar-refractivity contribution in [3.05, 3.63) is 12.2 Å². The van der Waals surface area contributed by atoms with Gasteiger partial charge in [0.1, 0.15) is 12.2 Å². The summed E-state index contributed by atoms with van der Waals surface area (Å²) in [6.45, 7) is 3.01. The Kier molecular flexibility index (Phi) is 7.51. The number of halogens is 4. The van der Waals surface area contributed by atoms with Crippen LogP contribution in [0.15, 0.2) is 12.2 Å².